The number of aromatic nitrogens is 2. The molecule has 0 spiro atoms. The fourth-order valence-electron chi connectivity index (χ4n) is 1.43. The molecule has 0 bridgehead atoms. The van der Waals surface area contributed by atoms with Gasteiger partial charge in [-0.1, -0.05) is 0 Å². The summed E-state index contributed by atoms with van der Waals surface area (Å²) >= 11 is 0. The van der Waals surface area contributed by atoms with Crippen molar-refractivity contribution in [2.45, 2.75) is 6.54 Å². The number of halogens is 1. The van der Waals surface area contributed by atoms with E-state index in [4.69, 9.17) is 10.5 Å². The van der Waals surface area contributed by atoms with Gasteiger partial charge in [0.05, 0.1) is 12.8 Å². The second kappa shape index (κ2) is 4.32. The van der Waals surface area contributed by atoms with Gasteiger partial charge in [0.25, 0.3) is 0 Å². The molecule has 0 aliphatic carbocycles. The number of nitrogens with two attached hydrogens (primary N) is 1. The van der Waals surface area contributed by atoms with Gasteiger partial charge in [0.15, 0.2) is 11.6 Å². The maximum atomic E-state index is 13.2. The largest absolute Gasteiger partial charge is 0.494 e. The van der Waals surface area contributed by atoms with Crippen LogP contribution < -0.4 is 10.5 Å². The monoisotopic (exact) mass is 221 g/mol. The third kappa shape index (κ3) is 1.90. The van der Waals surface area contributed by atoms with E-state index < -0.39 is 0 Å². The minimum atomic E-state index is -0.388. The number of nitrogens with one attached hydrogen (secondary N) is 1. The van der Waals surface area contributed by atoms with E-state index in [1.807, 2.05) is 6.07 Å². The first-order chi connectivity index (χ1) is 7.74. The fraction of sp³-hybridized carbons (Fsp3) is 0.182. The second-order valence-corrected chi connectivity index (χ2v) is 3.33. The van der Waals surface area contributed by atoms with Crippen molar-refractivity contribution in [3.05, 3.63) is 35.8 Å². The zero-order valence-corrected chi connectivity index (χ0v) is 8.83. The Balaban J connectivity index is 2.40. The Labute approximate surface area is 92.2 Å². The van der Waals surface area contributed by atoms with Gasteiger partial charge in [0, 0.05) is 17.8 Å². The third-order valence-electron chi connectivity index (χ3n) is 2.30. The number of rotatable bonds is 3. The second-order valence-electron chi connectivity index (χ2n) is 3.33. The van der Waals surface area contributed by atoms with E-state index in [9.17, 15) is 4.39 Å². The molecule has 0 atom stereocenters. The predicted molar refractivity (Wildman–Crippen MR) is 58.4 cm³/mol. The van der Waals surface area contributed by atoms with Gasteiger partial charge in [-0.3, -0.25) is 5.10 Å². The van der Waals surface area contributed by atoms with E-state index in [0.29, 0.717) is 6.54 Å². The Morgan fingerprint density at radius 1 is 1.44 bits per heavy atom. The molecule has 0 saturated carbocycles. The molecule has 0 aliphatic heterocycles. The Morgan fingerprint density at radius 3 is 2.88 bits per heavy atom. The molecule has 1 heterocycles. The number of methoxy groups -OCH3 is 1. The van der Waals surface area contributed by atoms with E-state index in [0.717, 1.165) is 17.0 Å². The van der Waals surface area contributed by atoms with E-state index in [1.165, 1.54) is 13.2 Å². The van der Waals surface area contributed by atoms with Crippen LogP contribution in [0.2, 0.25) is 0 Å². The topological polar surface area (TPSA) is 63.9 Å². The Bertz CT molecular complexity index is 496. The molecule has 0 aliphatic rings. The van der Waals surface area contributed by atoms with Crippen molar-refractivity contribution in [3.8, 4) is 17.0 Å². The van der Waals surface area contributed by atoms with Crippen LogP contribution in [0.1, 0.15) is 5.69 Å². The molecule has 1 aromatic carbocycles. The van der Waals surface area contributed by atoms with Crippen LogP contribution in [0.3, 0.4) is 0 Å². The Kier molecular flexibility index (Phi) is 2.87. The molecule has 3 N–H and O–H groups in total. The van der Waals surface area contributed by atoms with Crippen molar-refractivity contribution in [3.63, 3.8) is 0 Å². The number of hydrogen-bond donors (Lipinski definition) is 2. The zero-order valence-electron chi connectivity index (χ0n) is 8.83. The minimum absolute atomic E-state index is 0.204. The summed E-state index contributed by atoms with van der Waals surface area (Å²) in [6.07, 6.45) is 0. The van der Waals surface area contributed by atoms with Crippen molar-refractivity contribution < 1.29 is 9.13 Å². The Morgan fingerprint density at radius 2 is 2.25 bits per heavy atom. The van der Waals surface area contributed by atoms with Crippen molar-refractivity contribution in [1.82, 2.24) is 10.2 Å². The lowest BCUT2D eigenvalue weighted by molar-refractivity contribution is 0.387. The predicted octanol–water partition coefficient (Wildman–Crippen LogP) is 1.68. The molecule has 1 aromatic heterocycles. The first-order valence-electron chi connectivity index (χ1n) is 4.83. The average Bonchev–Trinajstić information content (AvgIpc) is 2.78. The van der Waals surface area contributed by atoms with Gasteiger partial charge in [-0.25, -0.2) is 4.39 Å². The molecule has 16 heavy (non-hydrogen) atoms. The first kappa shape index (κ1) is 10.6. The van der Waals surface area contributed by atoms with Gasteiger partial charge in [-0.2, -0.15) is 5.10 Å². The molecule has 0 radical (unpaired) electrons. The maximum Gasteiger partial charge on any atom is 0.165 e. The van der Waals surface area contributed by atoms with Crippen LogP contribution in [-0.2, 0) is 6.54 Å². The molecule has 2 rings (SSSR count). The van der Waals surface area contributed by atoms with E-state index >= 15 is 0 Å². The van der Waals surface area contributed by atoms with E-state index in [1.54, 1.807) is 12.1 Å². The molecule has 0 fully saturated rings. The quantitative estimate of drug-likeness (QED) is 0.828. The van der Waals surface area contributed by atoms with Crippen molar-refractivity contribution in [2.75, 3.05) is 7.11 Å². The standard InChI is InChI=1S/C11H12FN3O/c1-16-11-4-7(2-3-9(11)12)10-5-8(6-13)14-15-10/h2-5H,6,13H2,1H3,(H,14,15). The lowest BCUT2D eigenvalue weighted by Crippen LogP contribution is -1.95. The van der Waals surface area contributed by atoms with Gasteiger partial charge in [-0.05, 0) is 24.3 Å². The first-order valence-corrected chi connectivity index (χ1v) is 4.83. The van der Waals surface area contributed by atoms with Crippen LogP contribution in [0.25, 0.3) is 11.3 Å². The maximum absolute atomic E-state index is 13.2. The van der Waals surface area contributed by atoms with Crippen LogP contribution in [0.5, 0.6) is 5.75 Å². The normalized spacial score (nSPS) is 10.4. The smallest absolute Gasteiger partial charge is 0.165 e. The van der Waals surface area contributed by atoms with Gasteiger partial charge >= 0.3 is 0 Å². The van der Waals surface area contributed by atoms with Crippen molar-refractivity contribution >= 4 is 0 Å². The summed E-state index contributed by atoms with van der Waals surface area (Å²) in [6.45, 7) is 0.394. The molecular formula is C11H12FN3O. The summed E-state index contributed by atoms with van der Waals surface area (Å²) in [7, 11) is 1.43. The number of hydrogen-bond acceptors (Lipinski definition) is 3. The molecule has 2 aromatic rings. The van der Waals surface area contributed by atoms with Gasteiger partial charge in [-0.15, -0.1) is 0 Å². The number of H-pyrrole nitrogens is 1. The summed E-state index contributed by atoms with van der Waals surface area (Å²) < 4.78 is 18.1. The van der Waals surface area contributed by atoms with E-state index in [2.05, 4.69) is 10.2 Å². The van der Waals surface area contributed by atoms with Crippen LogP contribution in [0.15, 0.2) is 24.3 Å². The summed E-state index contributed by atoms with van der Waals surface area (Å²) in [5, 5.41) is 6.88. The van der Waals surface area contributed by atoms with Crippen LogP contribution in [0.4, 0.5) is 4.39 Å². The van der Waals surface area contributed by atoms with Gasteiger partial charge in [0.2, 0.25) is 0 Å². The average molecular weight is 221 g/mol. The highest BCUT2D eigenvalue weighted by Gasteiger charge is 2.07. The van der Waals surface area contributed by atoms with E-state index in [-0.39, 0.29) is 11.6 Å². The molecule has 5 heteroatoms. The van der Waals surface area contributed by atoms with Crippen LogP contribution in [-0.4, -0.2) is 17.3 Å². The van der Waals surface area contributed by atoms with Crippen molar-refractivity contribution in [1.29, 1.82) is 0 Å². The highest BCUT2D eigenvalue weighted by molar-refractivity contribution is 5.61. The van der Waals surface area contributed by atoms with Crippen LogP contribution >= 0.6 is 0 Å². The molecule has 0 unspecified atom stereocenters. The van der Waals surface area contributed by atoms with Crippen LogP contribution in [0, 0.1) is 5.82 Å². The number of ether oxygens (including phenoxy) is 1. The van der Waals surface area contributed by atoms with Gasteiger partial charge in [0.1, 0.15) is 0 Å². The molecule has 0 amide bonds. The summed E-state index contributed by atoms with van der Waals surface area (Å²) in [4.78, 5) is 0. The molecule has 4 nitrogen and oxygen atoms in total. The molecule has 0 saturated heterocycles. The molecular weight excluding hydrogens is 209 g/mol. The Hall–Kier alpha value is -1.88. The van der Waals surface area contributed by atoms with Gasteiger partial charge < -0.3 is 10.5 Å². The summed E-state index contributed by atoms with van der Waals surface area (Å²) in [5.41, 5.74) is 7.80. The third-order valence-corrected chi connectivity index (χ3v) is 2.30. The molecule has 84 valence electrons. The summed E-state index contributed by atoms with van der Waals surface area (Å²) in [6, 6.07) is 6.43. The SMILES string of the molecule is COc1cc(-c2cc(CN)[nH]n2)ccc1F. The highest BCUT2D eigenvalue weighted by atomic mass is 19.1. The fourth-order valence-corrected chi connectivity index (χ4v) is 1.43. The number of nitrogens with zero attached hydrogens (tertiary/aromatic N) is 1. The lowest BCUT2D eigenvalue weighted by Gasteiger charge is -2.03. The highest BCUT2D eigenvalue weighted by Crippen LogP contribution is 2.25. The van der Waals surface area contributed by atoms with Crippen molar-refractivity contribution in [2.24, 2.45) is 5.73 Å². The lowest BCUT2D eigenvalue weighted by atomic mass is 10.1. The minimum Gasteiger partial charge on any atom is -0.494 e. The summed E-state index contributed by atoms with van der Waals surface area (Å²) in [5.74, 6) is -0.185. The number of aromatic amines is 1. The zero-order chi connectivity index (χ0) is 11.5. The number of benzene rings is 1.